The molecule has 1 N–H and O–H groups in total. The fraction of sp³-hybridized carbons (Fsp3) is 0.615. The molecule has 0 saturated heterocycles. The quantitative estimate of drug-likeness (QED) is 0.863. The van der Waals surface area contributed by atoms with Crippen molar-refractivity contribution in [2.75, 3.05) is 0 Å². The molecular formula is C13H20BrNO2. The molecule has 0 fully saturated rings. The van der Waals surface area contributed by atoms with Gasteiger partial charge in [-0.05, 0) is 47.3 Å². The van der Waals surface area contributed by atoms with E-state index in [2.05, 4.69) is 35.1 Å². The number of amides is 1. The molecule has 0 aliphatic rings. The lowest BCUT2D eigenvalue weighted by molar-refractivity contribution is 0.0908. The van der Waals surface area contributed by atoms with Crippen LogP contribution in [0.25, 0.3) is 0 Å². The Balaban J connectivity index is 2.31. The Kier molecular flexibility index (Phi) is 5.75. The average Bonchev–Trinajstić information content (AvgIpc) is 2.64. The summed E-state index contributed by atoms with van der Waals surface area (Å²) in [6.07, 6.45) is 3.35. The summed E-state index contributed by atoms with van der Waals surface area (Å²) in [6, 6.07) is 3.57. The molecule has 1 heterocycles. The zero-order valence-electron chi connectivity index (χ0n) is 10.6. The van der Waals surface area contributed by atoms with Crippen LogP contribution >= 0.6 is 15.9 Å². The van der Waals surface area contributed by atoms with E-state index in [1.165, 1.54) is 6.42 Å². The number of carbonyl (C=O) groups excluding carboxylic acids is 1. The lowest BCUT2D eigenvalue weighted by atomic mass is 10.0. The highest BCUT2D eigenvalue weighted by Crippen LogP contribution is 2.14. The second kappa shape index (κ2) is 6.84. The molecule has 0 saturated carbocycles. The molecule has 3 nitrogen and oxygen atoms in total. The Morgan fingerprint density at radius 1 is 1.35 bits per heavy atom. The monoisotopic (exact) mass is 301 g/mol. The standard InChI is InChI=1S/C13H20BrNO2/c1-9(2)5-4-6-10(3)15-13(16)11-7-8-12(14)17-11/h7-10H,4-6H2,1-3H3,(H,15,16)/t10-/m0/s1. The Morgan fingerprint density at radius 2 is 2.06 bits per heavy atom. The van der Waals surface area contributed by atoms with Crippen LogP contribution in [0.3, 0.4) is 0 Å². The highest BCUT2D eigenvalue weighted by atomic mass is 79.9. The maximum Gasteiger partial charge on any atom is 0.287 e. The van der Waals surface area contributed by atoms with Gasteiger partial charge in [0, 0.05) is 6.04 Å². The van der Waals surface area contributed by atoms with Gasteiger partial charge in [0.05, 0.1) is 0 Å². The molecule has 1 aromatic heterocycles. The number of rotatable bonds is 6. The molecule has 0 aliphatic carbocycles. The van der Waals surface area contributed by atoms with Crippen molar-refractivity contribution in [3.8, 4) is 0 Å². The van der Waals surface area contributed by atoms with E-state index in [4.69, 9.17) is 4.42 Å². The van der Waals surface area contributed by atoms with E-state index >= 15 is 0 Å². The van der Waals surface area contributed by atoms with E-state index in [1.807, 2.05) is 6.92 Å². The van der Waals surface area contributed by atoms with Gasteiger partial charge < -0.3 is 9.73 Å². The number of halogens is 1. The first-order valence-corrected chi connectivity index (χ1v) is 6.84. The van der Waals surface area contributed by atoms with Crippen LogP contribution in [0.15, 0.2) is 21.2 Å². The summed E-state index contributed by atoms with van der Waals surface area (Å²) in [5.41, 5.74) is 0. The minimum atomic E-state index is -0.146. The van der Waals surface area contributed by atoms with Crippen LogP contribution in [0.1, 0.15) is 50.6 Å². The maximum absolute atomic E-state index is 11.7. The zero-order chi connectivity index (χ0) is 12.8. The number of hydrogen-bond acceptors (Lipinski definition) is 2. The van der Waals surface area contributed by atoms with Gasteiger partial charge in [0.1, 0.15) is 0 Å². The van der Waals surface area contributed by atoms with E-state index in [9.17, 15) is 4.79 Å². The Bertz CT molecular complexity index is 360. The molecule has 0 bridgehead atoms. The predicted octanol–water partition coefficient (Wildman–Crippen LogP) is 3.99. The van der Waals surface area contributed by atoms with Gasteiger partial charge in [0.2, 0.25) is 0 Å². The van der Waals surface area contributed by atoms with Gasteiger partial charge in [-0.15, -0.1) is 0 Å². The second-order valence-electron chi connectivity index (χ2n) is 4.80. The molecule has 0 unspecified atom stereocenters. The lowest BCUT2D eigenvalue weighted by Gasteiger charge is -2.13. The molecule has 1 rings (SSSR count). The van der Waals surface area contributed by atoms with Gasteiger partial charge in [-0.2, -0.15) is 0 Å². The smallest absolute Gasteiger partial charge is 0.287 e. The van der Waals surface area contributed by atoms with Crippen molar-refractivity contribution in [1.29, 1.82) is 0 Å². The molecule has 1 amide bonds. The first kappa shape index (κ1) is 14.3. The molecule has 4 heteroatoms. The van der Waals surface area contributed by atoms with Gasteiger partial charge in [-0.25, -0.2) is 0 Å². The van der Waals surface area contributed by atoms with Crippen LogP contribution < -0.4 is 5.32 Å². The van der Waals surface area contributed by atoms with Gasteiger partial charge in [-0.1, -0.05) is 26.7 Å². The highest BCUT2D eigenvalue weighted by Gasteiger charge is 2.13. The number of hydrogen-bond donors (Lipinski definition) is 1. The van der Waals surface area contributed by atoms with Crippen molar-refractivity contribution < 1.29 is 9.21 Å². The van der Waals surface area contributed by atoms with Crippen LogP contribution in [-0.4, -0.2) is 11.9 Å². The summed E-state index contributed by atoms with van der Waals surface area (Å²) >= 11 is 3.18. The molecule has 0 aromatic carbocycles. The molecule has 96 valence electrons. The third-order valence-corrected chi connectivity index (χ3v) is 3.02. The largest absolute Gasteiger partial charge is 0.444 e. The molecule has 0 aliphatic heterocycles. The van der Waals surface area contributed by atoms with Crippen LogP contribution in [0.2, 0.25) is 0 Å². The van der Waals surface area contributed by atoms with E-state index in [-0.39, 0.29) is 11.9 Å². The van der Waals surface area contributed by atoms with Crippen LogP contribution in [0, 0.1) is 5.92 Å². The first-order valence-electron chi connectivity index (χ1n) is 6.05. The lowest BCUT2D eigenvalue weighted by Crippen LogP contribution is -2.32. The molecule has 0 radical (unpaired) electrons. The number of carbonyl (C=O) groups is 1. The van der Waals surface area contributed by atoms with E-state index in [0.29, 0.717) is 10.4 Å². The molecule has 1 atom stereocenters. The number of nitrogens with one attached hydrogen (secondary N) is 1. The average molecular weight is 302 g/mol. The third-order valence-electron chi connectivity index (χ3n) is 2.59. The minimum Gasteiger partial charge on any atom is -0.444 e. The Hall–Kier alpha value is -0.770. The number of furan rings is 1. The van der Waals surface area contributed by atoms with Crippen molar-refractivity contribution in [2.45, 2.75) is 46.1 Å². The SMILES string of the molecule is CC(C)CCC[C@H](C)NC(=O)c1ccc(Br)o1. The molecule has 17 heavy (non-hydrogen) atoms. The second-order valence-corrected chi connectivity index (χ2v) is 5.58. The topological polar surface area (TPSA) is 42.2 Å². The van der Waals surface area contributed by atoms with Gasteiger partial charge in [0.15, 0.2) is 10.4 Å². The third kappa shape index (κ3) is 5.39. The van der Waals surface area contributed by atoms with E-state index in [0.717, 1.165) is 18.8 Å². The van der Waals surface area contributed by atoms with Crippen molar-refractivity contribution in [3.05, 3.63) is 22.6 Å². The highest BCUT2D eigenvalue weighted by molar-refractivity contribution is 9.10. The van der Waals surface area contributed by atoms with E-state index < -0.39 is 0 Å². The van der Waals surface area contributed by atoms with Gasteiger partial charge >= 0.3 is 0 Å². The summed E-state index contributed by atoms with van der Waals surface area (Å²) < 4.78 is 5.77. The Labute approximate surface area is 111 Å². The van der Waals surface area contributed by atoms with Crippen molar-refractivity contribution in [3.63, 3.8) is 0 Å². The van der Waals surface area contributed by atoms with Crippen molar-refractivity contribution in [1.82, 2.24) is 5.32 Å². The summed E-state index contributed by atoms with van der Waals surface area (Å²) in [5, 5.41) is 2.93. The Morgan fingerprint density at radius 3 is 2.59 bits per heavy atom. The summed E-state index contributed by atoms with van der Waals surface area (Å²) in [4.78, 5) is 11.7. The van der Waals surface area contributed by atoms with Gasteiger partial charge in [-0.3, -0.25) is 4.79 Å². The van der Waals surface area contributed by atoms with Gasteiger partial charge in [0.25, 0.3) is 5.91 Å². The first-order chi connectivity index (χ1) is 7.99. The van der Waals surface area contributed by atoms with Crippen LogP contribution in [-0.2, 0) is 0 Å². The maximum atomic E-state index is 11.7. The summed E-state index contributed by atoms with van der Waals surface area (Å²) in [5.74, 6) is 0.930. The normalized spacial score (nSPS) is 12.8. The molecule has 0 spiro atoms. The van der Waals surface area contributed by atoms with Crippen molar-refractivity contribution >= 4 is 21.8 Å². The summed E-state index contributed by atoms with van der Waals surface area (Å²) in [7, 11) is 0. The molecule has 1 aromatic rings. The summed E-state index contributed by atoms with van der Waals surface area (Å²) in [6.45, 7) is 6.45. The predicted molar refractivity (Wildman–Crippen MR) is 72.0 cm³/mol. The van der Waals surface area contributed by atoms with Crippen molar-refractivity contribution in [2.24, 2.45) is 5.92 Å². The van der Waals surface area contributed by atoms with Crippen LogP contribution in [0.4, 0.5) is 0 Å². The fourth-order valence-corrected chi connectivity index (χ4v) is 1.94. The minimum absolute atomic E-state index is 0.146. The zero-order valence-corrected chi connectivity index (χ0v) is 12.2. The molecular weight excluding hydrogens is 282 g/mol. The van der Waals surface area contributed by atoms with Crippen LogP contribution in [0.5, 0.6) is 0 Å². The van der Waals surface area contributed by atoms with E-state index in [1.54, 1.807) is 12.1 Å². The fourth-order valence-electron chi connectivity index (χ4n) is 1.64.